The zero-order valence-electron chi connectivity index (χ0n) is 12.5. The minimum atomic E-state index is 0. The lowest BCUT2D eigenvalue weighted by Gasteiger charge is -2.09. The molecule has 0 bridgehead atoms. The molecule has 0 saturated carbocycles. The molecule has 122 valence electrons. The van der Waals surface area contributed by atoms with Gasteiger partial charge in [0.15, 0.2) is 0 Å². The van der Waals surface area contributed by atoms with Crippen molar-refractivity contribution < 1.29 is 4.79 Å². The number of imidazole rings is 1. The predicted octanol–water partition coefficient (Wildman–Crippen LogP) is 2.81. The number of halogens is 2. The summed E-state index contributed by atoms with van der Waals surface area (Å²) >= 11 is 0. The summed E-state index contributed by atoms with van der Waals surface area (Å²) in [5, 5.41) is 6.29. The van der Waals surface area contributed by atoms with E-state index in [1.807, 2.05) is 35.9 Å². The average molecular weight is 345 g/mol. The summed E-state index contributed by atoms with van der Waals surface area (Å²) in [4.78, 5) is 16.3. The molecule has 1 aliphatic heterocycles. The highest BCUT2D eigenvalue weighted by Crippen LogP contribution is 2.16. The number of amides is 1. The number of aryl methyl sites for hydroxylation is 1. The molecule has 22 heavy (non-hydrogen) atoms. The zero-order valence-corrected chi connectivity index (χ0v) is 14.2. The van der Waals surface area contributed by atoms with Gasteiger partial charge < -0.3 is 15.0 Å². The number of nitrogens with one attached hydrogen (secondary N) is 2. The molecule has 1 saturated heterocycles. The van der Waals surface area contributed by atoms with E-state index in [4.69, 9.17) is 0 Å². The summed E-state index contributed by atoms with van der Waals surface area (Å²) in [7, 11) is 0. The minimum Gasteiger partial charge on any atom is -0.325 e. The lowest BCUT2D eigenvalue weighted by atomic mass is 10.0. The van der Waals surface area contributed by atoms with Crippen LogP contribution in [0.25, 0.3) is 5.65 Å². The second kappa shape index (κ2) is 8.36. The molecule has 1 aliphatic rings. The topological polar surface area (TPSA) is 58.4 Å². The van der Waals surface area contributed by atoms with Crippen molar-refractivity contribution >= 4 is 42.1 Å². The van der Waals surface area contributed by atoms with Crippen LogP contribution in [0.1, 0.15) is 25.0 Å². The van der Waals surface area contributed by atoms with E-state index in [0.717, 1.165) is 36.5 Å². The van der Waals surface area contributed by atoms with Crippen molar-refractivity contribution in [2.75, 3.05) is 18.4 Å². The Morgan fingerprint density at radius 3 is 2.95 bits per heavy atom. The van der Waals surface area contributed by atoms with Crippen molar-refractivity contribution in [1.82, 2.24) is 14.7 Å². The van der Waals surface area contributed by atoms with Crippen LogP contribution in [0, 0.1) is 12.8 Å². The van der Waals surface area contributed by atoms with Gasteiger partial charge in [0.05, 0.1) is 11.4 Å². The van der Waals surface area contributed by atoms with Gasteiger partial charge in [0, 0.05) is 18.8 Å². The molecule has 5 nitrogen and oxygen atoms in total. The third-order valence-corrected chi connectivity index (χ3v) is 3.80. The van der Waals surface area contributed by atoms with Crippen molar-refractivity contribution in [2.24, 2.45) is 5.92 Å². The summed E-state index contributed by atoms with van der Waals surface area (Å²) in [5.41, 5.74) is 2.70. The smallest absolute Gasteiger partial charge is 0.224 e. The van der Waals surface area contributed by atoms with Gasteiger partial charge in [-0.05, 0) is 50.9 Å². The highest BCUT2D eigenvalue weighted by molar-refractivity contribution is 5.90. The van der Waals surface area contributed by atoms with E-state index in [1.54, 1.807) is 0 Å². The first-order valence-electron chi connectivity index (χ1n) is 7.16. The van der Waals surface area contributed by atoms with E-state index in [9.17, 15) is 4.79 Å². The number of rotatable bonds is 4. The SMILES string of the molecule is Cc1cn2cc(NC(=O)CCC3CCNC3)ccc2n1.Cl.Cl. The van der Waals surface area contributed by atoms with E-state index in [-0.39, 0.29) is 30.7 Å². The Bertz CT molecular complexity index is 623. The van der Waals surface area contributed by atoms with Crippen LogP contribution in [-0.2, 0) is 4.79 Å². The largest absolute Gasteiger partial charge is 0.325 e. The van der Waals surface area contributed by atoms with Gasteiger partial charge in [-0.15, -0.1) is 24.8 Å². The van der Waals surface area contributed by atoms with Crippen molar-refractivity contribution in [3.8, 4) is 0 Å². The van der Waals surface area contributed by atoms with Gasteiger partial charge in [-0.1, -0.05) is 0 Å². The highest BCUT2D eigenvalue weighted by Gasteiger charge is 2.15. The first-order chi connectivity index (χ1) is 9.70. The van der Waals surface area contributed by atoms with Crippen LogP contribution < -0.4 is 10.6 Å². The summed E-state index contributed by atoms with van der Waals surface area (Å²) in [6, 6.07) is 3.82. The Kier molecular flexibility index (Phi) is 7.13. The minimum absolute atomic E-state index is 0. The fourth-order valence-corrected chi connectivity index (χ4v) is 2.71. The van der Waals surface area contributed by atoms with Crippen LogP contribution in [0.4, 0.5) is 5.69 Å². The Hall–Kier alpha value is -1.30. The number of nitrogens with zero attached hydrogens (tertiary/aromatic N) is 2. The van der Waals surface area contributed by atoms with E-state index < -0.39 is 0 Å². The highest BCUT2D eigenvalue weighted by atomic mass is 35.5. The number of hydrogen-bond donors (Lipinski definition) is 2. The molecule has 2 aromatic rings. The number of aromatic nitrogens is 2. The van der Waals surface area contributed by atoms with Crippen molar-refractivity contribution in [3.63, 3.8) is 0 Å². The third-order valence-electron chi connectivity index (χ3n) is 3.80. The van der Waals surface area contributed by atoms with Gasteiger partial charge in [0.1, 0.15) is 5.65 Å². The van der Waals surface area contributed by atoms with Crippen molar-refractivity contribution in [3.05, 3.63) is 30.2 Å². The molecule has 0 aromatic carbocycles. The lowest BCUT2D eigenvalue weighted by molar-refractivity contribution is -0.116. The molecule has 0 aliphatic carbocycles. The molecule has 7 heteroatoms. The first kappa shape index (κ1) is 18.7. The van der Waals surface area contributed by atoms with Gasteiger partial charge in [-0.25, -0.2) is 4.98 Å². The van der Waals surface area contributed by atoms with Crippen LogP contribution in [0.3, 0.4) is 0 Å². The molecule has 3 rings (SSSR count). The van der Waals surface area contributed by atoms with Gasteiger partial charge in [-0.3, -0.25) is 4.79 Å². The molecule has 0 spiro atoms. The summed E-state index contributed by atoms with van der Waals surface area (Å²) < 4.78 is 1.94. The molecular weight excluding hydrogens is 323 g/mol. The average Bonchev–Trinajstić information content (AvgIpc) is 3.04. The Morgan fingerprint density at radius 2 is 2.23 bits per heavy atom. The fraction of sp³-hybridized carbons (Fsp3) is 0.467. The molecule has 2 N–H and O–H groups in total. The molecule has 0 radical (unpaired) electrons. The van der Waals surface area contributed by atoms with Crippen LogP contribution in [0.5, 0.6) is 0 Å². The fourth-order valence-electron chi connectivity index (χ4n) is 2.71. The number of anilines is 1. The molecule has 1 amide bonds. The monoisotopic (exact) mass is 344 g/mol. The number of carbonyl (C=O) groups is 1. The maximum atomic E-state index is 12.0. The zero-order chi connectivity index (χ0) is 13.9. The van der Waals surface area contributed by atoms with Crippen molar-refractivity contribution in [2.45, 2.75) is 26.2 Å². The second-order valence-corrected chi connectivity index (χ2v) is 5.51. The van der Waals surface area contributed by atoms with Crippen LogP contribution >= 0.6 is 24.8 Å². The molecule has 1 fully saturated rings. The Morgan fingerprint density at radius 1 is 1.41 bits per heavy atom. The van der Waals surface area contributed by atoms with Crippen LogP contribution in [0.15, 0.2) is 24.5 Å². The van der Waals surface area contributed by atoms with Gasteiger partial charge in [0.2, 0.25) is 5.91 Å². The van der Waals surface area contributed by atoms with Gasteiger partial charge >= 0.3 is 0 Å². The van der Waals surface area contributed by atoms with Gasteiger partial charge in [0.25, 0.3) is 0 Å². The normalized spacial score (nSPS) is 16.9. The van der Waals surface area contributed by atoms with E-state index in [0.29, 0.717) is 12.3 Å². The molecule has 1 atom stereocenters. The van der Waals surface area contributed by atoms with Crippen LogP contribution in [0.2, 0.25) is 0 Å². The van der Waals surface area contributed by atoms with E-state index in [1.165, 1.54) is 6.42 Å². The van der Waals surface area contributed by atoms with Crippen molar-refractivity contribution in [1.29, 1.82) is 0 Å². The van der Waals surface area contributed by atoms with Crippen LogP contribution in [-0.4, -0.2) is 28.4 Å². The quantitative estimate of drug-likeness (QED) is 0.896. The molecule has 2 aromatic heterocycles. The number of hydrogen-bond acceptors (Lipinski definition) is 3. The number of pyridine rings is 1. The maximum absolute atomic E-state index is 12.0. The third kappa shape index (κ3) is 4.60. The first-order valence-corrected chi connectivity index (χ1v) is 7.16. The molecule has 1 unspecified atom stereocenters. The van der Waals surface area contributed by atoms with E-state index >= 15 is 0 Å². The summed E-state index contributed by atoms with van der Waals surface area (Å²) in [6.07, 6.45) is 6.60. The second-order valence-electron chi connectivity index (χ2n) is 5.51. The predicted molar refractivity (Wildman–Crippen MR) is 93.3 cm³/mol. The number of fused-ring (bicyclic) bond motifs is 1. The molecular formula is C15H22Cl2N4O. The number of carbonyl (C=O) groups excluding carboxylic acids is 1. The van der Waals surface area contributed by atoms with E-state index in [2.05, 4.69) is 15.6 Å². The lowest BCUT2D eigenvalue weighted by Crippen LogP contribution is -2.15. The maximum Gasteiger partial charge on any atom is 0.224 e. The Labute approximate surface area is 142 Å². The van der Waals surface area contributed by atoms with Gasteiger partial charge in [-0.2, -0.15) is 0 Å². The summed E-state index contributed by atoms with van der Waals surface area (Å²) in [6.45, 7) is 4.09. The Balaban J connectivity index is 0.00000121. The summed E-state index contributed by atoms with van der Waals surface area (Å²) in [5.74, 6) is 0.743. The molecule has 3 heterocycles. The standard InChI is InChI=1S/C15H20N4O.2ClH/c1-11-9-19-10-13(3-4-14(19)17-11)18-15(20)5-2-12-6-7-16-8-12;;/h3-4,9-10,12,16H,2,5-8H2,1H3,(H,18,20);2*1H.